The van der Waals surface area contributed by atoms with Gasteiger partial charge < -0.3 is 5.73 Å². The van der Waals surface area contributed by atoms with Crippen molar-refractivity contribution in [2.75, 3.05) is 0 Å². The first-order chi connectivity index (χ1) is 5.29. The average Bonchev–Trinajstić information content (AvgIpc) is 1.90. The summed E-state index contributed by atoms with van der Waals surface area (Å²) in [7, 11) is 0. The molecule has 1 aromatic rings. The normalized spacial score (nSPS) is 23.6. The molecule has 0 fully saturated rings. The zero-order chi connectivity index (χ0) is 7.84. The Balaban J connectivity index is 2.29. The van der Waals surface area contributed by atoms with Gasteiger partial charge in [0.05, 0.1) is 0 Å². The van der Waals surface area contributed by atoms with Gasteiger partial charge in [-0.25, -0.2) is 0 Å². The number of nitrogens with two attached hydrogens (primary N) is 1. The lowest BCUT2D eigenvalue weighted by Gasteiger charge is -2.32. The summed E-state index contributed by atoms with van der Waals surface area (Å²) in [5, 5.41) is 0. The van der Waals surface area contributed by atoms with Gasteiger partial charge in [-0.3, -0.25) is 0 Å². The molecule has 0 saturated heterocycles. The van der Waals surface area contributed by atoms with Crippen molar-refractivity contribution in [2.45, 2.75) is 25.3 Å². The van der Waals surface area contributed by atoms with Gasteiger partial charge in [0.1, 0.15) is 0 Å². The molecule has 0 bridgehead atoms. The van der Waals surface area contributed by atoms with E-state index in [9.17, 15) is 0 Å². The van der Waals surface area contributed by atoms with Crippen molar-refractivity contribution in [3.63, 3.8) is 0 Å². The SMILES string of the molecule is CC(N)C1Cc2ccccc21. The second kappa shape index (κ2) is 2.35. The second-order valence-electron chi connectivity index (χ2n) is 3.37. The Kier molecular flexibility index (Phi) is 1.46. The van der Waals surface area contributed by atoms with Crippen LogP contribution in [0.5, 0.6) is 0 Å². The van der Waals surface area contributed by atoms with Crippen LogP contribution < -0.4 is 5.73 Å². The fourth-order valence-corrected chi connectivity index (χ4v) is 1.77. The van der Waals surface area contributed by atoms with Crippen molar-refractivity contribution in [3.8, 4) is 0 Å². The van der Waals surface area contributed by atoms with Crippen LogP contribution in [-0.2, 0) is 6.42 Å². The van der Waals surface area contributed by atoms with Crippen LogP contribution in [0.15, 0.2) is 24.3 Å². The van der Waals surface area contributed by atoms with Gasteiger partial charge in [-0.2, -0.15) is 0 Å². The predicted molar refractivity (Wildman–Crippen MR) is 46.5 cm³/mol. The number of benzene rings is 1. The van der Waals surface area contributed by atoms with Crippen LogP contribution in [0.4, 0.5) is 0 Å². The summed E-state index contributed by atoms with van der Waals surface area (Å²) in [4.78, 5) is 0. The molecule has 1 heteroatoms. The largest absolute Gasteiger partial charge is 0.327 e. The maximum absolute atomic E-state index is 5.81. The lowest BCUT2D eigenvalue weighted by Crippen LogP contribution is -2.32. The zero-order valence-electron chi connectivity index (χ0n) is 6.75. The summed E-state index contributed by atoms with van der Waals surface area (Å²) in [5.74, 6) is 0.617. The summed E-state index contributed by atoms with van der Waals surface area (Å²) in [6.07, 6.45) is 1.17. The fourth-order valence-electron chi connectivity index (χ4n) is 1.77. The molecule has 11 heavy (non-hydrogen) atoms. The summed E-state index contributed by atoms with van der Waals surface area (Å²) in [6, 6.07) is 8.87. The summed E-state index contributed by atoms with van der Waals surface area (Å²) in [5.41, 5.74) is 8.75. The van der Waals surface area contributed by atoms with Crippen LogP contribution in [0, 0.1) is 0 Å². The second-order valence-corrected chi connectivity index (χ2v) is 3.37. The van der Waals surface area contributed by atoms with Gasteiger partial charge in [0, 0.05) is 12.0 Å². The number of hydrogen-bond donors (Lipinski definition) is 1. The molecule has 0 heterocycles. The predicted octanol–water partition coefficient (Wildman–Crippen LogP) is 1.67. The highest BCUT2D eigenvalue weighted by atomic mass is 14.6. The summed E-state index contributed by atoms with van der Waals surface area (Å²) < 4.78 is 0. The van der Waals surface area contributed by atoms with Crippen molar-refractivity contribution in [1.29, 1.82) is 0 Å². The molecule has 0 radical (unpaired) electrons. The lowest BCUT2D eigenvalue weighted by molar-refractivity contribution is 0.512. The van der Waals surface area contributed by atoms with Crippen LogP contribution in [0.3, 0.4) is 0 Å². The quantitative estimate of drug-likeness (QED) is 0.642. The lowest BCUT2D eigenvalue weighted by atomic mass is 9.74. The zero-order valence-corrected chi connectivity index (χ0v) is 6.75. The summed E-state index contributed by atoms with van der Waals surface area (Å²) >= 11 is 0. The highest BCUT2D eigenvalue weighted by Crippen LogP contribution is 2.36. The molecule has 0 saturated carbocycles. The first-order valence-electron chi connectivity index (χ1n) is 4.12. The van der Waals surface area contributed by atoms with Crippen LogP contribution in [0.2, 0.25) is 0 Å². The van der Waals surface area contributed by atoms with E-state index in [1.54, 1.807) is 0 Å². The van der Waals surface area contributed by atoms with E-state index in [-0.39, 0.29) is 0 Å². The van der Waals surface area contributed by atoms with Gasteiger partial charge in [0.25, 0.3) is 0 Å². The van der Waals surface area contributed by atoms with Gasteiger partial charge in [-0.05, 0) is 24.5 Å². The molecule has 2 unspecified atom stereocenters. The molecule has 58 valence electrons. The molecule has 0 aliphatic heterocycles. The standard InChI is InChI=1S/C10H13N/c1-7(11)10-6-8-4-2-3-5-9(8)10/h2-5,7,10H,6,11H2,1H3. The first kappa shape index (κ1) is 6.86. The number of rotatable bonds is 1. The van der Waals surface area contributed by atoms with Crippen molar-refractivity contribution in [1.82, 2.24) is 0 Å². The third-order valence-electron chi connectivity index (χ3n) is 2.53. The highest BCUT2D eigenvalue weighted by molar-refractivity contribution is 5.40. The molecular formula is C10H13N. The van der Waals surface area contributed by atoms with E-state index in [0.717, 1.165) is 0 Å². The minimum absolute atomic E-state index is 0.310. The Bertz CT molecular complexity index is 265. The summed E-state index contributed by atoms with van der Waals surface area (Å²) in [6.45, 7) is 2.08. The molecule has 0 aromatic heterocycles. The number of hydrogen-bond acceptors (Lipinski definition) is 1. The first-order valence-corrected chi connectivity index (χ1v) is 4.12. The third-order valence-corrected chi connectivity index (χ3v) is 2.53. The monoisotopic (exact) mass is 147 g/mol. The third kappa shape index (κ3) is 0.962. The van der Waals surface area contributed by atoms with E-state index < -0.39 is 0 Å². The Morgan fingerprint density at radius 3 is 2.82 bits per heavy atom. The smallest absolute Gasteiger partial charge is 0.00826 e. The van der Waals surface area contributed by atoms with Crippen molar-refractivity contribution < 1.29 is 0 Å². The Morgan fingerprint density at radius 1 is 1.45 bits per heavy atom. The highest BCUT2D eigenvalue weighted by Gasteiger charge is 2.27. The van der Waals surface area contributed by atoms with Gasteiger partial charge in [0.15, 0.2) is 0 Å². The molecule has 2 atom stereocenters. The van der Waals surface area contributed by atoms with Crippen LogP contribution >= 0.6 is 0 Å². The maximum atomic E-state index is 5.81. The van der Waals surface area contributed by atoms with E-state index >= 15 is 0 Å². The molecule has 1 aliphatic carbocycles. The van der Waals surface area contributed by atoms with Gasteiger partial charge in [-0.1, -0.05) is 24.3 Å². The van der Waals surface area contributed by atoms with E-state index in [0.29, 0.717) is 12.0 Å². The molecule has 1 aliphatic rings. The van der Waals surface area contributed by atoms with Crippen molar-refractivity contribution >= 4 is 0 Å². The van der Waals surface area contributed by atoms with E-state index in [2.05, 4.69) is 31.2 Å². The van der Waals surface area contributed by atoms with Crippen LogP contribution in [-0.4, -0.2) is 6.04 Å². The molecule has 1 aromatic carbocycles. The Labute approximate surface area is 67.2 Å². The molecule has 1 nitrogen and oxygen atoms in total. The average molecular weight is 147 g/mol. The van der Waals surface area contributed by atoms with Gasteiger partial charge >= 0.3 is 0 Å². The Morgan fingerprint density at radius 2 is 2.18 bits per heavy atom. The van der Waals surface area contributed by atoms with E-state index in [1.807, 2.05) is 0 Å². The molecule has 2 N–H and O–H groups in total. The van der Waals surface area contributed by atoms with Crippen LogP contribution in [0.1, 0.15) is 24.0 Å². The van der Waals surface area contributed by atoms with Crippen molar-refractivity contribution in [2.24, 2.45) is 5.73 Å². The maximum Gasteiger partial charge on any atom is 0.00826 e. The molecular weight excluding hydrogens is 134 g/mol. The fraction of sp³-hybridized carbons (Fsp3) is 0.400. The molecule has 0 spiro atoms. The van der Waals surface area contributed by atoms with E-state index in [4.69, 9.17) is 5.73 Å². The Hall–Kier alpha value is -0.820. The van der Waals surface area contributed by atoms with Crippen molar-refractivity contribution in [3.05, 3.63) is 35.4 Å². The van der Waals surface area contributed by atoms with Gasteiger partial charge in [-0.15, -0.1) is 0 Å². The number of fused-ring (bicyclic) bond motifs is 1. The molecule has 0 amide bonds. The molecule has 2 rings (SSSR count). The van der Waals surface area contributed by atoms with Gasteiger partial charge in [0.2, 0.25) is 0 Å². The minimum atomic E-state index is 0.310. The van der Waals surface area contributed by atoms with E-state index in [1.165, 1.54) is 17.5 Å². The minimum Gasteiger partial charge on any atom is -0.327 e. The van der Waals surface area contributed by atoms with Crippen LogP contribution in [0.25, 0.3) is 0 Å². The topological polar surface area (TPSA) is 26.0 Å².